The number of nitrogens with one attached hydrogen (secondary N) is 1. The monoisotopic (exact) mass is 412 g/mol. The number of hydrogen-bond donors (Lipinski definition) is 1. The number of carbonyl (C=O) groups excluding carboxylic acids is 2. The maximum absolute atomic E-state index is 12.7. The van der Waals surface area contributed by atoms with Gasteiger partial charge in [-0.15, -0.1) is 0 Å². The van der Waals surface area contributed by atoms with Gasteiger partial charge in [0.15, 0.2) is 0 Å². The van der Waals surface area contributed by atoms with E-state index >= 15 is 0 Å². The first-order valence-electron chi connectivity index (χ1n) is 10.5. The molecular formula is C23H32N4O3. The van der Waals surface area contributed by atoms with Crippen LogP contribution in [-0.2, 0) is 16.1 Å². The fourth-order valence-electron chi connectivity index (χ4n) is 3.72. The van der Waals surface area contributed by atoms with Gasteiger partial charge < -0.3 is 15.0 Å². The van der Waals surface area contributed by atoms with Gasteiger partial charge in [0.25, 0.3) is 0 Å². The first kappa shape index (κ1) is 21.9. The van der Waals surface area contributed by atoms with Crippen molar-refractivity contribution in [3.8, 4) is 5.69 Å². The van der Waals surface area contributed by atoms with Crippen molar-refractivity contribution in [1.82, 2.24) is 20.0 Å². The first-order valence-corrected chi connectivity index (χ1v) is 10.5. The molecule has 1 aromatic heterocycles. The molecular weight excluding hydrogens is 380 g/mol. The molecule has 1 aliphatic heterocycles. The lowest BCUT2D eigenvalue weighted by atomic mass is 9.96. The van der Waals surface area contributed by atoms with Gasteiger partial charge in [0.2, 0.25) is 5.91 Å². The summed E-state index contributed by atoms with van der Waals surface area (Å²) in [5, 5.41) is 7.71. The minimum atomic E-state index is -0.509. The number of piperidine rings is 1. The van der Waals surface area contributed by atoms with Crippen LogP contribution in [-0.4, -0.2) is 45.4 Å². The lowest BCUT2D eigenvalue weighted by Gasteiger charge is -2.32. The van der Waals surface area contributed by atoms with E-state index in [1.807, 2.05) is 69.6 Å². The molecule has 2 amide bonds. The van der Waals surface area contributed by atoms with E-state index in [0.29, 0.717) is 32.5 Å². The van der Waals surface area contributed by atoms with Gasteiger partial charge in [-0.3, -0.25) is 4.79 Å². The second-order valence-electron chi connectivity index (χ2n) is 8.86. The number of amides is 2. The lowest BCUT2D eigenvalue weighted by molar-refractivity contribution is -0.126. The van der Waals surface area contributed by atoms with Crippen LogP contribution in [0.25, 0.3) is 5.69 Å². The Morgan fingerprint density at radius 2 is 1.77 bits per heavy atom. The summed E-state index contributed by atoms with van der Waals surface area (Å²) in [6.45, 7) is 11.1. The van der Waals surface area contributed by atoms with E-state index < -0.39 is 5.60 Å². The van der Waals surface area contributed by atoms with E-state index in [4.69, 9.17) is 4.74 Å². The molecule has 0 saturated carbocycles. The van der Waals surface area contributed by atoms with Crippen LogP contribution in [0.15, 0.2) is 30.3 Å². The number of rotatable bonds is 4. The van der Waals surface area contributed by atoms with Crippen molar-refractivity contribution in [2.75, 3.05) is 13.1 Å². The Hall–Kier alpha value is -2.83. The molecule has 1 N–H and O–H groups in total. The summed E-state index contributed by atoms with van der Waals surface area (Å²) in [7, 11) is 0. The van der Waals surface area contributed by atoms with E-state index in [1.54, 1.807) is 4.90 Å². The van der Waals surface area contributed by atoms with Crippen molar-refractivity contribution < 1.29 is 14.3 Å². The highest BCUT2D eigenvalue weighted by Gasteiger charge is 2.30. The molecule has 0 radical (unpaired) electrons. The number of likely N-dealkylation sites (tertiary alicyclic amines) is 1. The number of benzene rings is 1. The number of nitrogens with zero attached hydrogens (tertiary/aromatic N) is 3. The molecule has 1 aromatic carbocycles. The van der Waals surface area contributed by atoms with Crippen LogP contribution in [0.2, 0.25) is 0 Å². The molecule has 162 valence electrons. The quantitative estimate of drug-likeness (QED) is 0.830. The van der Waals surface area contributed by atoms with Crippen LogP contribution in [0.4, 0.5) is 4.79 Å². The van der Waals surface area contributed by atoms with Gasteiger partial charge in [0.05, 0.1) is 11.4 Å². The Labute approximate surface area is 178 Å². The Kier molecular flexibility index (Phi) is 6.48. The number of carbonyl (C=O) groups is 2. The smallest absolute Gasteiger partial charge is 0.410 e. The Morgan fingerprint density at radius 1 is 1.13 bits per heavy atom. The molecule has 2 heterocycles. The second-order valence-corrected chi connectivity index (χ2v) is 8.86. The van der Waals surface area contributed by atoms with E-state index in [0.717, 1.165) is 22.6 Å². The van der Waals surface area contributed by atoms with E-state index in [9.17, 15) is 9.59 Å². The van der Waals surface area contributed by atoms with Crippen molar-refractivity contribution in [3.05, 3.63) is 47.3 Å². The van der Waals surface area contributed by atoms with E-state index in [1.165, 1.54) is 0 Å². The highest BCUT2D eigenvalue weighted by Crippen LogP contribution is 2.21. The van der Waals surface area contributed by atoms with Gasteiger partial charge in [-0.25, -0.2) is 9.48 Å². The highest BCUT2D eigenvalue weighted by molar-refractivity contribution is 5.79. The van der Waals surface area contributed by atoms with E-state index in [2.05, 4.69) is 10.4 Å². The molecule has 0 atom stereocenters. The zero-order chi connectivity index (χ0) is 21.9. The summed E-state index contributed by atoms with van der Waals surface area (Å²) in [6, 6.07) is 9.97. The predicted octanol–water partition coefficient (Wildman–Crippen LogP) is 3.75. The van der Waals surface area contributed by atoms with Crippen LogP contribution in [0.3, 0.4) is 0 Å². The molecule has 1 aliphatic rings. The fourth-order valence-corrected chi connectivity index (χ4v) is 3.72. The Bertz CT molecular complexity index is 891. The Balaban J connectivity index is 1.55. The summed E-state index contributed by atoms with van der Waals surface area (Å²) in [4.78, 5) is 26.6. The third kappa shape index (κ3) is 5.20. The van der Waals surface area contributed by atoms with Crippen LogP contribution in [0, 0.1) is 19.8 Å². The van der Waals surface area contributed by atoms with Crippen LogP contribution >= 0.6 is 0 Å². The number of hydrogen-bond acceptors (Lipinski definition) is 4. The first-order chi connectivity index (χ1) is 14.2. The molecule has 1 saturated heterocycles. The highest BCUT2D eigenvalue weighted by atomic mass is 16.6. The number of aryl methyl sites for hydroxylation is 1. The molecule has 7 heteroatoms. The number of aromatic nitrogens is 2. The SMILES string of the molecule is Cc1nn(-c2ccccc2)c(C)c1CNC(=O)C1CCN(C(=O)OC(C)(C)C)CC1. The van der Waals surface area contributed by atoms with Crippen molar-refractivity contribution in [1.29, 1.82) is 0 Å². The van der Waals surface area contributed by atoms with Gasteiger partial charge in [0.1, 0.15) is 5.60 Å². The summed E-state index contributed by atoms with van der Waals surface area (Å²) in [5.74, 6) is -0.0569. The number of ether oxygens (including phenoxy) is 1. The zero-order valence-electron chi connectivity index (χ0n) is 18.6. The topological polar surface area (TPSA) is 76.5 Å². The maximum atomic E-state index is 12.7. The van der Waals surface area contributed by atoms with Crippen molar-refractivity contribution >= 4 is 12.0 Å². The van der Waals surface area contributed by atoms with Crippen LogP contribution in [0.5, 0.6) is 0 Å². The maximum Gasteiger partial charge on any atom is 0.410 e. The largest absolute Gasteiger partial charge is 0.444 e. The molecule has 2 aromatic rings. The minimum Gasteiger partial charge on any atom is -0.444 e. The normalized spacial score (nSPS) is 15.2. The Morgan fingerprint density at radius 3 is 2.37 bits per heavy atom. The standard InChI is InChI=1S/C23H32N4O3/c1-16-20(17(2)27(25-16)19-9-7-6-8-10-19)15-24-21(28)18-11-13-26(14-12-18)22(29)30-23(3,4)5/h6-10,18H,11-15H2,1-5H3,(H,24,28). The van der Waals surface area contributed by atoms with Crippen LogP contribution in [0.1, 0.15) is 50.6 Å². The van der Waals surface area contributed by atoms with Gasteiger partial charge in [-0.05, 0) is 59.6 Å². The average molecular weight is 413 g/mol. The number of para-hydroxylation sites is 1. The van der Waals surface area contributed by atoms with Crippen molar-refractivity contribution in [3.63, 3.8) is 0 Å². The molecule has 1 fully saturated rings. The molecule has 0 spiro atoms. The third-order valence-corrected chi connectivity index (χ3v) is 5.40. The average Bonchev–Trinajstić information content (AvgIpc) is 2.99. The van der Waals surface area contributed by atoms with Gasteiger partial charge in [-0.1, -0.05) is 18.2 Å². The molecule has 0 unspecified atom stereocenters. The fraction of sp³-hybridized carbons (Fsp3) is 0.522. The lowest BCUT2D eigenvalue weighted by Crippen LogP contribution is -2.44. The van der Waals surface area contributed by atoms with Crippen LogP contribution < -0.4 is 5.32 Å². The molecule has 0 bridgehead atoms. The summed E-state index contributed by atoms with van der Waals surface area (Å²) >= 11 is 0. The predicted molar refractivity (Wildman–Crippen MR) is 115 cm³/mol. The molecule has 0 aliphatic carbocycles. The molecule has 7 nitrogen and oxygen atoms in total. The second kappa shape index (κ2) is 8.90. The van der Waals surface area contributed by atoms with E-state index in [-0.39, 0.29) is 17.9 Å². The zero-order valence-corrected chi connectivity index (χ0v) is 18.6. The summed E-state index contributed by atoms with van der Waals surface area (Å²) < 4.78 is 7.33. The summed E-state index contributed by atoms with van der Waals surface area (Å²) in [6.07, 6.45) is 0.986. The van der Waals surface area contributed by atoms with Crippen molar-refractivity contribution in [2.24, 2.45) is 5.92 Å². The van der Waals surface area contributed by atoms with Crippen molar-refractivity contribution in [2.45, 2.75) is 59.6 Å². The minimum absolute atomic E-state index is 0.0325. The van der Waals surface area contributed by atoms with Gasteiger partial charge in [0, 0.05) is 36.8 Å². The van der Waals surface area contributed by atoms with Gasteiger partial charge >= 0.3 is 6.09 Å². The van der Waals surface area contributed by atoms with Gasteiger partial charge in [-0.2, -0.15) is 5.10 Å². The molecule has 30 heavy (non-hydrogen) atoms. The molecule has 3 rings (SSSR count). The summed E-state index contributed by atoms with van der Waals surface area (Å²) in [5.41, 5.74) is 3.48. The third-order valence-electron chi connectivity index (χ3n) is 5.40.